The molecule has 12 heavy (non-hydrogen) atoms. The van der Waals surface area contributed by atoms with Crippen molar-refractivity contribution in [2.24, 2.45) is 11.8 Å². The number of ether oxygens (including phenoxy) is 2. The number of carbonyl (C=O) groups is 1. The van der Waals surface area contributed by atoms with Gasteiger partial charge in [0.05, 0.1) is 13.0 Å². The minimum atomic E-state index is -0.0955. The molecule has 70 valence electrons. The number of rotatable bonds is 2. The highest BCUT2D eigenvalue weighted by atomic mass is 16.5. The zero-order chi connectivity index (χ0) is 8.97. The molecule has 1 rings (SSSR count). The van der Waals surface area contributed by atoms with Gasteiger partial charge in [0.1, 0.15) is 0 Å². The maximum atomic E-state index is 11.1. The molecule has 3 heteroatoms. The van der Waals surface area contributed by atoms with Crippen molar-refractivity contribution in [3.8, 4) is 0 Å². The molecule has 1 saturated heterocycles. The summed E-state index contributed by atoms with van der Waals surface area (Å²) in [7, 11) is 1.44. The average Bonchev–Trinajstić information content (AvgIpc) is 2.17. The molecule has 1 heterocycles. The summed E-state index contributed by atoms with van der Waals surface area (Å²) in [5.41, 5.74) is 0. The van der Waals surface area contributed by atoms with Crippen LogP contribution in [0.15, 0.2) is 0 Å². The molecule has 0 aromatic rings. The highest BCUT2D eigenvalue weighted by Crippen LogP contribution is 2.24. The SMILES string of the molecule is COC(=O)[C@@H](C)C1CCOCC1. The van der Waals surface area contributed by atoms with E-state index >= 15 is 0 Å². The first-order valence-electron chi connectivity index (χ1n) is 4.41. The van der Waals surface area contributed by atoms with E-state index in [1.54, 1.807) is 0 Å². The van der Waals surface area contributed by atoms with E-state index in [1.807, 2.05) is 6.92 Å². The van der Waals surface area contributed by atoms with Crippen LogP contribution in [-0.2, 0) is 14.3 Å². The predicted octanol–water partition coefficient (Wildman–Crippen LogP) is 1.22. The number of methoxy groups -OCH3 is 1. The van der Waals surface area contributed by atoms with E-state index < -0.39 is 0 Å². The molecule has 0 aliphatic carbocycles. The zero-order valence-electron chi connectivity index (χ0n) is 7.71. The van der Waals surface area contributed by atoms with Crippen molar-refractivity contribution in [1.29, 1.82) is 0 Å². The molecule has 1 fully saturated rings. The largest absolute Gasteiger partial charge is 0.469 e. The summed E-state index contributed by atoms with van der Waals surface area (Å²) >= 11 is 0. The summed E-state index contributed by atoms with van der Waals surface area (Å²) in [4.78, 5) is 11.1. The van der Waals surface area contributed by atoms with Crippen LogP contribution in [0.2, 0.25) is 0 Å². The summed E-state index contributed by atoms with van der Waals surface area (Å²) in [6.45, 7) is 3.50. The predicted molar refractivity (Wildman–Crippen MR) is 44.7 cm³/mol. The molecule has 0 radical (unpaired) electrons. The van der Waals surface area contributed by atoms with Gasteiger partial charge in [0.15, 0.2) is 0 Å². The van der Waals surface area contributed by atoms with Gasteiger partial charge in [-0.3, -0.25) is 4.79 Å². The van der Waals surface area contributed by atoms with Crippen LogP contribution in [-0.4, -0.2) is 26.3 Å². The number of hydrogen-bond acceptors (Lipinski definition) is 3. The third kappa shape index (κ3) is 2.21. The molecule has 1 atom stereocenters. The summed E-state index contributed by atoms with van der Waals surface area (Å²) in [6.07, 6.45) is 1.96. The molecule has 0 unspecified atom stereocenters. The molecule has 0 saturated carbocycles. The summed E-state index contributed by atoms with van der Waals surface area (Å²) in [5, 5.41) is 0. The van der Waals surface area contributed by atoms with Crippen LogP contribution in [0.3, 0.4) is 0 Å². The van der Waals surface area contributed by atoms with Gasteiger partial charge >= 0.3 is 5.97 Å². The number of hydrogen-bond donors (Lipinski definition) is 0. The highest BCUT2D eigenvalue weighted by Gasteiger charge is 2.26. The third-order valence-electron chi connectivity index (χ3n) is 2.55. The van der Waals surface area contributed by atoms with Crippen molar-refractivity contribution < 1.29 is 14.3 Å². The smallest absolute Gasteiger partial charge is 0.308 e. The van der Waals surface area contributed by atoms with Crippen molar-refractivity contribution in [2.45, 2.75) is 19.8 Å². The van der Waals surface area contributed by atoms with Crippen LogP contribution in [0.5, 0.6) is 0 Å². The second kappa shape index (κ2) is 4.45. The van der Waals surface area contributed by atoms with Gasteiger partial charge in [-0.2, -0.15) is 0 Å². The van der Waals surface area contributed by atoms with Gasteiger partial charge in [0.2, 0.25) is 0 Å². The topological polar surface area (TPSA) is 35.5 Å². The van der Waals surface area contributed by atoms with Gasteiger partial charge in [-0.25, -0.2) is 0 Å². The Kier molecular flexibility index (Phi) is 3.53. The van der Waals surface area contributed by atoms with E-state index in [4.69, 9.17) is 4.74 Å². The second-order valence-electron chi connectivity index (χ2n) is 3.26. The van der Waals surface area contributed by atoms with E-state index in [0.29, 0.717) is 5.92 Å². The van der Waals surface area contributed by atoms with E-state index in [1.165, 1.54) is 7.11 Å². The van der Waals surface area contributed by atoms with Crippen LogP contribution in [0.1, 0.15) is 19.8 Å². The van der Waals surface area contributed by atoms with Crippen LogP contribution in [0.25, 0.3) is 0 Å². The van der Waals surface area contributed by atoms with Crippen LogP contribution >= 0.6 is 0 Å². The van der Waals surface area contributed by atoms with Gasteiger partial charge in [0, 0.05) is 13.2 Å². The Morgan fingerprint density at radius 2 is 2.08 bits per heavy atom. The van der Waals surface area contributed by atoms with Gasteiger partial charge < -0.3 is 9.47 Å². The molecule has 0 bridgehead atoms. The molecule has 1 aliphatic rings. The lowest BCUT2D eigenvalue weighted by Gasteiger charge is -2.25. The van der Waals surface area contributed by atoms with Crippen LogP contribution in [0.4, 0.5) is 0 Å². The quantitative estimate of drug-likeness (QED) is 0.587. The fourth-order valence-corrected chi connectivity index (χ4v) is 1.59. The molecule has 0 amide bonds. The standard InChI is InChI=1S/C9H16O3/c1-7(9(10)11-2)8-3-5-12-6-4-8/h7-8H,3-6H2,1-2H3/t7-/m0/s1. The fraction of sp³-hybridized carbons (Fsp3) is 0.889. The zero-order valence-corrected chi connectivity index (χ0v) is 7.71. The molecule has 1 aliphatic heterocycles. The molecular weight excluding hydrogens is 156 g/mol. The Morgan fingerprint density at radius 1 is 1.50 bits per heavy atom. The molecule has 0 N–H and O–H groups in total. The maximum absolute atomic E-state index is 11.1. The Balaban J connectivity index is 2.39. The van der Waals surface area contributed by atoms with E-state index in [9.17, 15) is 4.79 Å². The average molecular weight is 172 g/mol. The Labute approximate surface area is 73.0 Å². The summed E-state index contributed by atoms with van der Waals surface area (Å²) in [5.74, 6) is 0.381. The van der Waals surface area contributed by atoms with Crippen LogP contribution in [0, 0.1) is 11.8 Å². The van der Waals surface area contributed by atoms with Crippen LogP contribution < -0.4 is 0 Å². The first kappa shape index (κ1) is 9.52. The Morgan fingerprint density at radius 3 is 2.58 bits per heavy atom. The second-order valence-corrected chi connectivity index (χ2v) is 3.26. The van der Waals surface area contributed by atoms with Gasteiger partial charge in [0.25, 0.3) is 0 Å². The minimum Gasteiger partial charge on any atom is -0.469 e. The summed E-state index contributed by atoms with van der Waals surface area (Å²) in [6, 6.07) is 0. The van der Waals surface area contributed by atoms with Crippen molar-refractivity contribution in [3.05, 3.63) is 0 Å². The Bertz CT molecular complexity index is 150. The molecular formula is C9H16O3. The van der Waals surface area contributed by atoms with Crippen molar-refractivity contribution >= 4 is 5.97 Å². The van der Waals surface area contributed by atoms with E-state index in [0.717, 1.165) is 26.1 Å². The third-order valence-corrected chi connectivity index (χ3v) is 2.55. The van der Waals surface area contributed by atoms with Crippen molar-refractivity contribution in [1.82, 2.24) is 0 Å². The van der Waals surface area contributed by atoms with Gasteiger partial charge in [-0.05, 0) is 18.8 Å². The molecule has 3 nitrogen and oxygen atoms in total. The number of esters is 1. The monoisotopic (exact) mass is 172 g/mol. The number of carbonyl (C=O) groups excluding carboxylic acids is 1. The molecule has 0 spiro atoms. The molecule has 0 aromatic heterocycles. The lowest BCUT2D eigenvalue weighted by atomic mass is 9.87. The first-order chi connectivity index (χ1) is 5.75. The Hall–Kier alpha value is -0.570. The van der Waals surface area contributed by atoms with Gasteiger partial charge in [-0.15, -0.1) is 0 Å². The fourth-order valence-electron chi connectivity index (χ4n) is 1.59. The molecule has 0 aromatic carbocycles. The van der Waals surface area contributed by atoms with Crippen molar-refractivity contribution in [2.75, 3.05) is 20.3 Å². The van der Waals surface area contributed by atoms with E-state index in [-0.39, 0.29) is 11.9 Å². The van der Waals surface area contributed by atoms with E-state index in [2.05, 4.69) is 4.74 Å². The normalized spacial score (nSPS) is 21.8. The lowest BCUT2D eigenvalue weighted by molar-refractivity contribution is -0.147. The van der Waals surface area contributed by atoms with Crippen molar-refractivity contribution in [3.63, 3.8) is 0 Å². The minimum absolute atomic E-state index is 0.0268. The lowest BCUT2D eigenvalue weighted by Crippen LogP contribution is -2.27. The highest BCUT2D eigenvalue weighted by molar-refractivity contribution is 5.72. The van der Waals surface area contributed by atoms with Gasteiger partial charge in [-0.1, -0.05) is 6.92 Å². The first-order valence-corrected chi connectivity index (χ1v) is 4.41. The summed E-state index contributed by atoms with van der Waals surface area (Å²) < 4.78 is 9.90. The maximum Gasteiger partial charge on any atom is 0.308 e.